The Bertz CT molecular complexity index is 1460. The maximum absolute atomic E-state index is 14.0. The number of nitrogens with one attached hydrogen (secondary N) is 1. The van der Waals surface area contributed by atoms with Crippen LogP contribution in [0.15, 0.2) is 36.0 Å². The summed E-state index contributed by atoms with van der Waals surface area (Å²) in [5.74, 6) is -8.37. The van der Waals surface area contributed by atoms with Crippen LogP contribution in [-0.4, -0.2) is 32.4 Å². The minimum Gasteiger partial charge on any atom is -0.479 e. The molecular weight excluding hydrogens is 546 g/mol. The molecule has 1 N–H and O–H groups in total. The quantitative estimate of drug-likeness (QED) is 0.145. The third-order valence-electron chi connectivity index (χ3n) is 7.20. The summed E-state index contributed by atoms with van der Waals surface area (Å²) in [7, 11) is 0. The SMILES string of the molecule is CCCCC(C(=O)COc1c(F)c(F)cc(F)c1F)n1cc([C@@](C)(NCc2ccc3ncsc3c2)C(C)C)nn1. The first-order valence-electron chi connectivity index (χ1n) is 13.0. The number of hydrogen-bond acceptors (Lipinski definition) is 7. The molecule has 0 saturated heterocycles. The predicted octanol–water partition coefficient (Wildman–Crippen LogP) is 6.48. The Morgan fingerprint density at radius 1 is 1.15 bits per heavy atom. The number of fused-ring (bicyclic) bond motifs is 1. The van der Waals surface area contributed by atoms with Crippen molar-refractivity contribution >= 4 is 27.3 Å². The van der Waals surface area contributed by atoms with Crippen molar-refractivity contribution < 1.29 is 27.1 Å². The molecule has 0 aliphatic rings. The monoisotopic (exact) mass is 577 g/mol. The number of ether oxygens (including phenoxy) is 1. The van der Waals surface area contributed by atoms with E-state index in [-0.39, 0.29) is 12.0 Å². The van der Waals surface area contributed by atoms with Crippen molar-refractivity contribution in [2.24, 2.45) is 5.92 Å². The summed E-state index contributed by atoms with van der Waals surface area (Å²) in [6, 6.07) is 5.32. The lowest BCUT2D eigenvalue weighted by atomic mass is 9.85. The van der Waals surface area contributed by atoms with Gasteiger partial charge in [0.1, 0.15) is 18.3 Å². The normalized spacial score (nSPS) is 14.0. The number of benzene rings is 2. The van der Waals surface area contributed by atoms with Crippen molar-refractivity contribution in [2.45, 2.75) is 65.1 Å². The zero-order chi connectivity index (χ0) is 29.0. The number of carbonyl (C=O) groups excluding carboxylic acids is 1. The van der Waals surface area contributed by atoms with Gasteiger partial charge < -0.3 is 10.1 Å². The predicted molar refractivity (Wildman–Crippen MR) is 144 cm³/mol. The number of carbonyl (C=O) groups is 1. The van der Waals surface area contributed by atoms with E-state index >= 15 is 0 Å². The van der Waals surface area contributed by atoms with Crippen molar-refractivity contribution in [3.8, 4) is 5.75 Å². The molecule has 4 aromatic rings. The number of halogens is 4. The molecule has 0 aliphatic heterocycles. The van der Waals surface area contributed by atoms with Gasteiger partial charge in [0.2, 0.25) is 11.6 Å². The number of hydrogen-bond donors (Lipinski definition) is 1. The first-order valence-corrected chi connectivity index (χ1v) is 13.9. The molecule has 0 fully saturated rings. The minimum absolute atomic E-state index is 0.0812. The van der Waals surface area contributed by atoms with Crippen molar-refractivity contribution in [1.29, 1.82) is 0 Å². The molecule has 0 spiro atoms. The molecule has 0 radical (unpaired) electrons. The van der Waals surface area contributed by atoms with Crippen molar-refractivity contribution in [1.82, 2.24) is 25.3 Å². The van der Waals surface area contributed by atoms with Gasteiger partial charge in [0.15, 0.2) is 23.2 Å². The third kappa shape index (κ3) is 6.17. The van der Waals surface area contributed by atoms with E-state index in [1.54, 1.807) is 17.5 Å². The van der Waals surface area contributed by atoms with Crippen LogP contribution in [0.4, 0.5) is 17.6 Å². The Balaban J connectivity index is 1.53. The van der Waals surface area contributed by atoms with Gasteiger partial charge in [-0.2, -0.15) is 8.78 Å². The molecule has 1 unspecified atom stereocenters. The first-order chi connectivity index (χ1) is 19.0. The Hall–Kier alpha value is -3.38. The molecule has 2 aromatic carbocycles. The minimum atomic E-state index is -1.70. The third-order valence-corrected chi connectivity index (χ3v) is 8.00. The maximum Gasteiger partial charge on any atom is 0.203 e. The smallest absolute Gasteiger partial charge is 0.203 e. The lowest BCUT2D eigenvalue weighted by molar-refractivity contribution is -0.124. The Morgan fingerprint density at radius 3 is 2.55 bits per heavy atom. The summed E-state index contributed by atoms with van der Waals surface area (Å²) >= 11 is 1.57. The second-order valence-electron chi connectivity index (χ2n) is 10.2. The van der Waals surface area contributed by atoms with Gasteiger partial charge in [0.05, 0.1) is 27.5 Å². The highest BCUT2D eigenvalue weighted by Crippen LogP contribution is 2.31. The number of aromatic nitrogens is 4. The number of rotatable bonds is 13. The van der Waals surface area contributed by atoms with Crippen LogP contribution in [0.1, 0.15) is 64.3 Å². The van der Waals surface area contributed by atoms with Gasteiger partial charge in [-0.25, -0.2) is 18.4 Å². The number of nitrogens with zero attached hydrogens (tertiary/aromatic N) is 4. The van der Waals surface area contributed by atoms with Crippen LogP contribution in [0.25, 0.3) is 10.2 Å². The van der Waals surface area contributed by atoms with Crippen molar-refractivity contribution in [3.63, 3.8) is 0 Å². The summed E-state index contributed by atoms with van der Waals surface area (Å²) in [6.45, 7) is 7.81. The fourth-order valence-electron chi connectivity index (χ4n) is 4.31. The Labute approximate surface area is 233 Å². The lowest BCUT2D eigenvalue weighted by Crippen LogP contribution is -2.44. The van der Waals surface area contributed by atoms with Crippen LogP contribution in [0.5, 0.6) is 5.75 Å². The molecule has 0 aliphatic carbocycles. The molecule has 40 heavy (non-hydrogen) atoms. The molecule has 2 atom stereocenters. The molecular formula is C28H31F4N5O2S. The molecule has 0 amide bonds. The lowest BCUT2D eigenvalue weighted by Gasteiger charge is -2.33. The van der Waals surface area contributed by atoms with Crippen molar-refractivity contribution in [2.75, 3.05) is 6.61 Å². The van der Waals surface area contributed by atoms with E-state index < -0.39 is 53.0 Å². The highest BCUT2D eigenvalue weighted by atomic mass is 32.1. The summed E-state index contributed by atoms with van der Waals surface area (Å²) in [6.07, 6.45) is 3.48. The van der Waals surface area contributed by atoms with Crippen LogP contribution in [0.3, 0.4) is 0 Å². The zero-order valence-electron chi connectivity index (χ0n) is 22.7. The van der Waals surface area contributed by atoms with E-state index in [4.69, 9.17) is 4.74 Å². The maximum atomic E-state index is 14.0. The zero-order valence-corrected chi connectivity index (χ0v) is 23.5. The Kier molecular flexibility index (Phi) is 9.19. The van der Waals surface area contributed by atoms with Gasteiger partial charge in [0.25, 0.3) is 0 Å². The van der Waals surface area contributed by atoms with Crippen molar-refractivity contribution in [3.05, 3.63) is 70.5 Å². The van der Waals surface area contributed by atoms with Crippen LogP contribution in [0.2, 0.25) is 0 Å². The number of unbranched alkanes of at least 4 members (excludes halogenated alkanes) is 1. The van der Waals surface area contributed by atoms with Crippen LogP contribution in [0, 0.1) is 29.2 Å². The largest absolute Gasteiger partial charge is 0.479 e. The first kappa shape index (κ1) is 29.6. The summed E-state index contributed by atoms with van der Waals surface area (Å²) < 4.78 is 62.6. The number of thiazole rings is 1. The molecule has 214 valence electrons. The molecule has 2 heterocycles. The average Bonchev–Trinajstić information content (AvgIpc) is 3.61. The van der Waals surface area contributed by atoms with Crippen LogP contribution < -0.4 is 10.1 Å². The van der Waals surface area contributed by atoms with Gasteiger partial charge in [0, 0.05) is 12.6 Å². The summed E-state index contributed by atoms with van der Waals surface area (Å²) in [5, 5.41) is 12.2. The summed E-state index contributed by atoms with van der Waals surface area (Å²) in [5.41, 5.74) is 3.84. The van der Waals surface area contributed by atoms with E-state index in [9.17, 15) is 22.4 Å². The van der Waals surface area contributed by atoms with Crippen LogP contribution >= 0.6 is 11.3 Å². The van der Waals surface area contributed by atoms with Gasteiger partial charge in [-0.15, -0.1) is 16.4 Å². The van der Waals surface area contributed by atoms with Crippen LogP contribution in [-0.2, 0) is 16.9 Å². The number of ketones is 1. The standard InChI is InChI=1S/C28H31F4N5O2S/c1-5-6-7-21(22(38)14-39-27-25(31)18(29)11-19(30)26(27)32)37-13-24(35-36-37)28(4,16(2)3)34-12-17-8-9-20-23(10-17)40-15-33-20/h8-11,13,15-16,21,34H,5-7,12,14H2,1-4H3/t21?,28-/m0/s1. The molecule has 0 bridgehead atoms. The molecule has 0 saturated carbocycles. The van der Waals surface area contributed by atoms with E-state index in [1.165, 1.54) is 4.68 Å². The van der Waals surface area contributed by atoms with Gasteiger partial charge in [-0.3, -0.25) is 4.79 Å². The van der Waals surface area contributed by atoms with Gasteiger partial charge in [-0.1, -0.05) is 44.9 Å². The second-order valence-corrected chi connectivity index (χ2v) is 11.0. The van der Waals surface area contributed by atoms with E-state index in [0.717, 1.165) is 22.2 Å². The second kappa shape index (κ2) is 12.4. The summed E-state index contributed by atoms with van der Waals surface area (Å²) in [4.78, 5) is 17.5. The van der Waals surface area contributed by atoms with E-state index in [2.05, 4.69) is 26.7 Å². The Morgan fingerprint density at radius 2 is 1.88 bits per heavy atom. The number of Topliss-reactive ketones (excluding diaryl/α,β-unsaturated/α-hetero) is 1. The van der Waals surface area contributed by atoms with Gasteiger partial charge >= 0.3 is 0 Å². The fourth-order valence-corrected chi connectivity index (χ4v) is 5.05. The molecule has 12 heteroatoms. The fraction of sp³-hybridized carbons (Fsp3) is 0.429. The molecule has 7 nitrogen and oxygen atoms in total. The molecule has 2 aromatic heterocycles. The highest BCUT2D eigenvalue weighted by molar-refractivity contribution is 7.16. The molecule has 4 rings (SSSR count). The van der Waals surface area contributed by atoms with Gasteiger partial charge in [-0.05, 0) is 37.0 Å². The van der Waals surface area contributed by atoms with E-state index in [0.29, 0.717) is 25.1 Å². The average molecular weight is 578 g/mol. The van der Waals surface area contributed by atoms with E-state index in [1.807, 2.05) is 45.3 Å². The highest BCUT2D eigenvalue weighted by Gasteiger charge is 2.34. The topological polar surface area (TPSA) is 81.9 Å².